The van der Waals surface area contributed by atoms with E-state index in [2.05, 4.69) is 0 Å². The number of carboxylic acid groups (broad SMARTS) is 1. The van der Waals surface area contributed by atoms with E-state index < -0.39 is 5.97 Å². The number of phenols is 1. The lowest BCUT2D eigenvalue weighted by Crippen LogP contribution is -1.95. The summed E-state index contributed by atoms with van der Waals surface area (Å²) >= 11 is 6.06. The Hall–Kier alpha value is -1.68. The average molecular weight is 269 g/mol. The molecule has 0 saturated heterocycles. The first-order valence-corrected chi connectivity index (χ1v) is 6.01. The molecule has 0 bridgehead atoms. The number of carbonyl (C=O) groups is 1. The maximum Gasteiger partial charge on any atom is 0.372 e. The molecule has 0 unspecified atom stereocenters. The molecule has 0 aliphatic heterocycles. The van der Waals surface area contributed by atoms with Gasteiger partial charge in [0.2, 0.25) is 5.76 Å². The fraction of sp³-hybridized carbons (Fsp3) is 0.308. The van der Waals surface area contributed by atoms with E-state index in [1.165, 1.54) is 0 Å². The van der Waals surface area contributed by atoms with Gasteiger partial charge in [-0.15, -0.1) is 0 Å². The van der Waals surface area contributed by atoms with Gasteiger partial charge in [-0.25, -0.2) is 4.79 Å². The molecule has 5 heteroatoms. The van der Waals surface area contributed by atoms with Gasteiger partial charge in [0.15, 0.2) is 5.58 Å². The Bertz CT molecular complexity index is 628. The number of rotatable bonds is 3. The predicted molar refractivity (Wildman–Crippen MR) is 68.6 cm³/mol. The third-order valence-corrected chi connectivity index (χ3v) is 3.20. The standard InChI is InChI=1S/C13H13ClO4/c1-3-4-7-5-8(14)12-9(10(7)15)6(2)11(18-12)13(16)17/h5,15H,3-4H2,1-2H3,(H,16,17). The van der Waals surface area contributed by atoms with E-state index >= 15 is 0 Å². The molecule has 0 saturated carbocycles. The number of aromatic hydroxyl groups is 1. The first-order chi connectivity index (χ1) is 8.47. The van der Waals surface area contributed by atoms with E-state index in [-0.39, 0.29) is 17.1 Å². The molecule has 18 heavy (non-hydrogen) atoms. The molecule has 2 aromatic rings. The summed E-state index contributed by atoms with van der Waals surface area (Å²) in [5.41, 5.74) is 1.33. The van der Waals surface area contributed by atoms with E-state index in [9.17, 15) is 9.90 Å². The van der Waals surface area contributed by atoms with Gasteiger partial charge in [-0.3, -0.25) is 0 Å². The monoisotopic (exact) mass is 268 g/mol. The number of benzene rings is 1. The number of hydrogen-bond donors (Lipinski definition) is 2. The molecule has 1 aromatic heterocycles. The number of furan rings is 1. The Kier molecular flexibility index (Phi) is 3.22. The van der Waals surface area contributed by atoms with E-state index in [1.807, 2.05) is 6.92 Å². The number of aryl methyl sites for hydroxylation is 2. The lowest BCUT2D eigenvalue weighted by Gasteiger charge is -2.05. The SMILES string of the molecule is CCCc1cc(Cl)c2oc(C(=O)O)c(C)c2c1O. The zero-order chi connectivity index (χ0) is 13.4. The lowest BCUT2D eigenvalue weighted by molar-refractivity contribution is 0.0664. The fourth-order valence-electron chi connectivity index (χ4n) is 2.08. The summed E-state index contributed by atoms with van der Waals surface area (Å²) in [5.74, 6) is -1.29. The molecular formula is C13H13ClO4. The molecule has 0 amide bonds. The minimum absolute atomic E-state index is 0.0602. The van der Waals surface area contributed by atoms with Gasteiger partial charge in [-0.2, -0.15) is 0 Å². The van der Waals surface area contributed by atoms with Crippen molar-refractivity contribution in [1.82, 2.24) is 0 Å². The van der Waals surface area contributed by atoms with Crippen LogP contribution in [0.4, 0.5) is 0 Å². The van der Waals surface area contributed by atoms with Crippen LogP contribution in [0, 0.1) is 6.92 Å². The highest BCUT2D eigenvalue weighted by Crippen LogP contribution is 2.39. The molecule has 0 spiro atoms. The number of carboxylic acids is 1. The van der Waals surface area contributed by atoms with Crippen molar-refractivity contribution in [2.24, 2.45) is 0 Å². The van der Waals surface area contributed by atoms with Crippen molar-refractivity contribution in [3.8, 4) is 5.75 Å². The van der Waals surface area contributed by atoms with Crippen LogP contribution in [0.25, 0.3) is 11.0 Å². The van der Waals surface area contributed by atoms with Crippen molar-refractivity contribution in [2.45, 2.75) is 26.7 Å². The Labute approximate surface area is 109 Å². The smallest absolute Gasteiger partial charge is 0.372 e. The molecule has 1 heterocycles. The number of halogens is 1. The van der Waals surface area contributed by atoms with Crippen molar-refractivity contribution in [3.05, 3.63) is 28.0 Å². The van der Waals surface area contributed by atoms with Gasteiger partial charge in [0.25, 0.3) is 0 Å². The van der Waals surface area contributed by atoms with Crippen molar-refractivity contribution >= 4 is 28.5 Å². The van der Waals surface area contributed by atoms with Crippen LogP contribution in [0.5, 0.6) is 5.75 Å². The maximum absolute atomic E-state index is 11.0. The third kappa shape index (κ3) is 1.82. The number of fused-ring (bicyclic) bond motifs is 1. The molecule has 1 aromatic carbocycles. The first kappa shape index (κ1) is 12.8. The quantitative estimate of drug-likeness (QED) is 0.889. The van der Waals surface area contributed by atoms with Gasteiger partial charge < -0.3 is 14.6 Å². The molecule has 0 atom stereocenters. The zero-order valence-electron chi connectivity index (χ0n) is 10.1. The highest BCUT2D eigenvalue weighted by molar-refractivity contribution is 6.35. The predicted octanol–water partition coefficient (Wildman–Crippen LogP) is 3.75. The van der Waals surface area contributed by atoms with E-state index in [4.69, 9.17) is 21.1 Å². The summed E-state index contributed by atoms with van der Waals surface area (Å²) in [5, 5.41) is 19.9. The Morgan fingerprint density at radius 1 is 1.50 bits per heavy atom. The van der Waals surface area contributed by atoms with Gasteiger partial charge in [-0.05, 0) is 25.0 Å². The van der Waals surface area contributed by atoms with Crippen LogP contribution in [0.3, 0.4) is 0 Å². The summed E-state index contributed by atoms with van der Waals surface area (Å²) in [7, 11) is 0. The Morgan fingerprint density at radius 2 is 2.17 bits per heavy atom. The van der Waals surface area contributed by atoms with Gasteiger partial charge in [0.1, 0.15) is 5.75 Å². The van der Waals surface area contributed by atoms with Crippen LogP contribution < -0.4 is 0 Å². The van der Waals surface area contributed by atoms with Gasteiger partial charge >= 0.3 is 5.97 Å². The van der Waals surface area contributed by atoms with Crippen LogP contribution >= 0.6 is 11.6 Å². The second-order valence-corrected chi connectivity index (χ2v) is 4.59. The van der Waals surface area contributed by atoms with Crippen molar-refractivity contribution in [1.29, 1.82) is 0 Å². The largest absolute Gasteiger partial charge is 0.507 e. The molecule has 0 radical (unpaired) electrons. The first-order valence-electron chi connectivity index (χ1n) is 5.64. The topological polar surface area (TPSA) is 70.7 Å². The lowest BCUT2D eigenvalue weighted by atomic mass is 10.0. The fourth-order valence-corrected chi connectivity index (χ4v) is 2.34. The van der Waals surface area contributed by atoms with Crippen LogP contribution in [0.15, 0.2) is 10.5 Å². The zero-order valence-corrected chi connectivity index (χ0v) is 10.8. The second-order valence-electron chi connectivity index (χ2n) is 4.18. The summed E-state index contributed by atoms with van der Waals surface area (Å²) in [6.45, 7) is 3.59. The molecule has 2 rings (SSSR count). The van der Waals surface area contributed by atoms with Crippen LogP contribution in [-0.4, -0.2) is 16.2 Å². The molecule has 0 fully saturated rings. The summed E-state index contributed by atoms with van der Waals surface area (Å²) < 4.78 is 5.21. The van der Waals surface area contributed by atoms with Gasteiger partial charge in [-0.1, -0.05) is 24.9 Å². The molecule has 0 aliphatic carbocycles. The Balaban J connectivity index is 2.82. The molecular weight excluding hydrogens is 256 g/mol. The van der Waals surface area contributed by atoms with E-state index in [0.717, 1.165) is 6.42 Å². The number of phenolic OH excluding ortho intramolecular Hbond substituents is 1. The van der Waals surface area contributed by atoms with E-state index in [0.29, 0.717) is 28.0 Å². The highest BCUT2D eigenvalue weighted by Gasteiger charge is 2.22. The summed E-state index contributed by atoms with van der Waals surface area (Å²) in [6.07, 6.45) is 1.53. The molecule has 96 valence electrons. The van der Waals surface area contributed by atoms with Crippen LogP contribution in [-0.2, 0) is 6.42 Å². The normalized spacial score (nSPS) is 11.1. The maximum atomic E-state index is 11.0. The molecule has 0 aliphatic rings. The molecule has 4 nitrogen and oxygen atoms in total. The van der Waals surface area contributed by atoms with Crippen LogP contribution in [0.2, 0.25) is 5.02 Å². The summed E-state index contributed by atoms with van der Waals surface area (Å²) in [6, 6.07) is 1.62. The average Bonchev–Trinajstić information content (AvgIpc) is 2.65. The minimum Gasteiger partial charge on any atom is -0.507 e. The minimum atomic E-state index is -1.17. The van der Waals surface area contributed by atoms with Crippen LogP contribution in [0.1, 0.15) is 35.0 Å². The van der Waals surface area contributed by atoms with Gasteiger partial charge in [0, 0.05) is 5.56 Å². The van der Waals surface area contributed by atoms with Gasteiger partial charge in [0.05, 0.1) is 10.4 Å². The Morgan fingerprint density at radius 3 is 2.72 bits per heavy atom. The van der Waals surface area contributed by atoms with Crippen molar-refractivity contribution in [2.75, 3.05) is 0 Å². The van der Waals surface area contributed by atoms with Crippen molar-refractivity contribution in [3.63, 3.8) is 0 Å². The summed E-state index contributed by atoms with van der Waals surface area (Å²) in [4.78, 5) is 11.0. The number of aromatic carboxylic acids is 1. The number of hydrogen-bond acceptors (Lipinski definition) is 3. The van der Waals surface area contributed by atoms with Crippen molar-refractivity contribution < 1.29 is 19.4 Å². The van der Waals surface area contributed by atoms with E-state index in [1.54, 1.807) is 13.0 Å². The molecule has 2 N–H and O–H groups in total. The third-order valence-electron chi connectivity index (χ3n) is 2.92. The highest BCUT2D eigenvalue weighted by atomic mass is 35.5. The second kappa shape index (κ2) is 4.53.